The van der Waals surface area contributed by atoms with Gasteiger partial charge < -0.3 is 8.89 Å². The predicted octanol–water partition coefficient (Wildman–Crippen LogP) is 0.376. The molecule has 0 bridgehead atoms. The van der Waals surface area contributed by atoms with Crippen molar-refractivity contribution in [1.29, 1.82) is 0 Å². The summed E-state index contributed by atoms with van der Waals surface area (Å²) < 4.78 is 14.1. The zero-order chi connectivity index (χ0) is 4.99. The first-order chi connectivity index (χ1) is 2.77. The van der Waals surface area contributed by atoms with Crippen LogP contribution in [0.15, 0.2) is 0 Å². The van der Waals surface area contributed by atoms with Gasteiger partial charge in [0.25, 0.3) is 0 Å². The van der Waals surface area contributed by atoms with Crippen LogP contribution in [0.3, 0.4) is 0 Å². The lowest BCUT2D eigenvalue weighted by Crippen LogP contribution is -1.99. The fourth-order valence-corrected chi connectivity index (χ4v) is 0.289. The monoisotopic (exact) mass is 103 g/mol. The first-order valence-electron chi connectivity index (χ1n) is 1.80. The summed E-state index contributed by atoms with van der Waals surface area (Å²) in [5.41, 5.74) is 0. The van der Waals surface area contributed by atoms with Crippen LogP contribution in [-0.4, -0.2) is 15.8 Å². The Hall–Kier alpha value is -0.183. The van der Waals surface area contributed by atoms with Gasteiger partial charge >= 0.3 is 9.65 Å². The molecule has 0 saturated heterocycles. The molecule has 35 valence electrons. The first kappa shape index (κ1) is 5.82. The fourth-order valence-electron chi connectivity index (χ4n) is 0.0962. The molecule has 0 amide bonds. The molecule has 0 aromatic heterocycles. The minimum atomic E-state index is -0.612. The van der Waals surface area contributed by atoms with E-state index in [-0.39, 0.29) is 6.10 Å². The molecule has 0 aliphatic heterocycles. The van der Waals surface area contributed by atoms with E-state index in [1.807, 2.05) is 13.8 Å². The van der Waals surface area contributed by atoms with Gasteiger partial charge in [0, 0.05) is 0 Å². The van der Waals surface area contributed by atoms with Crippen LogP contribution in [0, 0.1) is 0 Å². The quantitative estimate of drug-likeness (QED) is 0.472. The lowest BCUT2D eigenvalue weighted by molar-refractivity contribution is 0.238. The standard InChI is InChI=1S/C3H7O2Si/c1-3(2)5-6-4/h3H,1-2H3. The summed E-state index contributed by atoms with van der Waals surface area (Å²) in [4.78, 5) is 0. The molecule has 0 atom stereocenters. The van der Waals surface area contributed by atoms with Crippen molar-refractivity contribution >= 4 is 9.65 Å². The fraction of sp³-hybridized carbons (Fsp3) is 1.00. The number of hydrogen-bond donors (Lipinski definition) is 0. The molecular formula is C3H7O2Si. The van der Waals surface area contributed by atoms with Crippen LogP contribution in [0.2, 0.25) is 0 Å². The highest BCUT2D eigenvalue weighted by atomic mass is 28.2. The molecule has 1 radical (unpaired) electrons. The Morgan fingerprint density at radius 2 is 2.17 bits per heavy atom. The highest BCUT2D eigenvalue weighted by Crippen LogP contribution is 1.78. The van der Waals surface area contributed by atoms with Gasteiger partial charge in [-0.3, -0.25) is 0 Å². The van der Waals surface area contributed by atoms with Crippen molar-refractivity contribution in [3.8, 4) is 0 Å². The molecule has 0 unspecified atom stereocenters. The largest absolute Gasteiger partial charge is 0.594 e. The average Bonchev–Trinajstić information content (AvgIpc) is 1.35. The minimum Gasteiger partial charge on any atom is -0.518 e. The lowest BCUT2D eigenvalue weighted by Gasteiger charge is -1.96. The molecule has 2 nitrogen and oxygen atoms in total. The van der Waals surface area contributed by atoms with Crippen LogP contribution in [0.4, 0.5) is 0 Å². The maximum absolute atomic E-state index is 9.55. The molecular weight excluding hydrogens is 96.1 g/mol. The zero-order valence-electron chi connectivity index (χ0n) is 3.89. The van der Waals surface area contributed by atoms with Gasteiger partial charge in [0.15, 0.2) is 0 Å². The summed E-state index contributed by atoms with van der Waals surface area (Å²) in [6, 6.07) is 0. The molecule has 0 aromatic rings. The van der Waals surface area contributed by atoms with Crippen LogP contribution in [0.5, 0.6) is 0 Å². The summed E-state index contributed by atoms with van der Waals surface area (Å²) in [6.07, 6.45) is 0.0980. The van der Waals surface area contributed by atoms with E-state index in [1.54, 1.807) is 0 Å². The second-order valence-corrected chi connectivity index (χ2v) is 1.65. The Kier molecular flexibility index (Phi) is 2.93. The van der Waals surface area contributed by atoms with Crippen molar-refractivity contribution in [3.63, 3.8) is 0 Å². The molecule has 0 aromatic carbocycles. The molecule has 0 aliphatic carbocycles. The highest BCUT2D eigenvalue weighted by Gasteiger charge is 1.86. The van der Waals surface area contributed by atoms with Crippen LogP contribution >= 0.6 is 0 Å². The van der Waals surface area contributed by atoms with Gasteiger partial charge in [-0.1, -0.05) is 0 Å². The van der Waals surface area contributed by atoms with Gasteiger partial charge in [-0.05, 0) is 13.8 Å². The summed E-state index contributed by atoms with van der Waals surface area (Å²) in [5, 5.41) is 0. The third-order valence-corrected chi connectivity index (χ3v) is 0.851. The van der Waals surface area contributed by atoms with Crippen molar-refractivity contribution in [2.75, 3.05) is 0 Å². The van der Waals surface area contributed by atoms with E-state index >= 15 is 0 Å². The second kappa shape index (κ2) is 3.02. The normalized spacial score (nSPS) is 8.50. The van der Waals surface area contributed by atoms with Gasteiger partial charge in [-0.15, -0.1) is 0 Å². The molecule has 0 fully saturated rings. The van der Waals surface area contributed by atoms with Gasteiger partial charge in [0.1, 0.15) is 0 Å². The molecule has 0 rings (SSSR count). The summed E-state index contributed by atoms with van der Waals surface area (Å²) in [5.74, 6) is 0. The van der Waals surface area contributed by atoms with E-state index in [4.69, 9.17) is 0 Å². The average molecular weight is 103 g/mol. The number of hydrogen-bond acceptors (Lipinski definition) is 2. The Labute approximate surface area is 39.5 Å². The highest BCUT2D eigenvalue weighted by molar-refractivity contribution is 6.06. The van der Waals surface area contributed by atoms with Gasteiger partial charge in [-0.25, -0.2) is 0 Å². The molecule has 0 spiro atoms. The molecule has 0 heterocycles. The summed E-state index contributed by atoms with van der Waals surface area (Å²) >= 11 is 0. The summed E-state index contributed by atoms with van der Waals surface area (Å²) in [7, 11) is -0.612. The topological polar surface area (TPSA) is 26.3 Å². The molecule has 3 heteroatoms. The van der Waals surface area contributed by atoms with Crippen molar-refractivity contribution in [2.45, 2.75) is 20.0 Å². The maximum atomic E-state index is 9.55. The minimum absolute atomic E-state index is 0.0980. The first-order valence-corrected chi connectivity index (χ1v) is 2.62. The zero-order valence-corrected chi connectivity index (χ0v) is 4.89. The Balaban J connectivity index is 2.81. The van der Waals surface area contributed by atoms with Gasteiger partial charge in [0.05, 0.1) is 6.10 Å². The predicted molar refractivity (Wildman–Crippen MR) is 22.7 cm³/mol. The smallest absolute Gasteiger partial charge is 0.518 e. The van der Waals surface area contributed by atoms with Crippen LogP contribution < -0.4 is 0 Å². The summed E-state index contributed by atoms with van der Waals surface area (Å²) in [6.45, 7) is 3.68. The van der Waals surface area contributed by atoms with E-state index in [0.717, 1.165) is 0 Å². The Morgan fingerprint density at radius 1 is 1.67 bits per heavy atom. The van der Waals surface area contributed by atoms with E-state index < -0.39 is 9.65 Å². The Bertz CT molecular complexity index is 44.1. The van der Waals surface area contributed by atoms with E-state index in [0.29, 0.717) is 0 Å². The van der Waals surface area contributed by atoms with Crippen molar-refractivity contribution < 1.29 is 8.89 Å². The van der Waals surface area contributed by atoms with E-state index in [2.05, 4.69) is 4.43 Å². The maximum Gasteiger partial charge on any atom is 0.594 e. The van der Waals surface area contributed by atoms with Gasteiger partial charge in [-0.2, -0.15) is 0 Å². The third kappa shape index (κ3) is 3.82. The van der Waals surface area contributed by atoms with Crippen molar-refractivity contribution in [2.24, 2.45) is 0 Å². The molecule has 0 N–H and O–H groups in total. The van der Waals surface area contributed by atoms with E-state index in [9.17, 15) is 4.46 Å². The molecule has 0 aliphatic rings. The van der Waals surface area contributed by atoms with Crippen molar-refractivity contribution in [3.05, 3.63) is 0 Å². The van der Waals surface area contributed by atoms with Gasteiger partial charge in [0.2, 0.25) is 0 Å². The van der Waals surface area contributed by atoms with Crippen LogP contribution in [0.1, 0.15) is 13.8 Å². The lowest BCUT2D eigenvalue weighted by atomic mass is 10.5. The van der Waals surface area contributed by atoms with Crippen molar-refractivity contribution in [1.82, 2.24) is 0 Å². The van der Waals surface area contributed by atoms with Crippen LogP contribution in [0.25, 0.3) is 0 Å². The third-order valence-electron chi connectivity index (χ3n) is 0.284. The SMILES string of the molecule is CC(C)O[Si]=O. The van der Waals surface area contributed by atoms with E-state index in [1.165, 1.54) is 0 Å². The Morgan fingerprint density at radius 3 is 2.17 bits per heavy atom. The molecule has 0 saturated carbocycles. The molecule has 6 heavy (non-hydrogen) atoms. The number of rotatable bonds is 2. The second-order valence-electron chi connectivity index (χ2n) is 1.25. The van der Waals surface area contributed by atoms with Crippen LogP contribution in [-0.2, 0) is 8.89 Å².